The first-order valence-corrected chi connectivity index (χ1v) is 9.18. The molecule has 1 amide bonds. The van der Waals surface area contributed by atoms with Gasteiger partial charge in [0, 0.05) is 31.0 Å². The Balaban J connectivity index is 1.41. The zero-order valence-electron chi connectivity index (χ0n) is 14.4. The van der Waals surface area contributed by atoms with Crippen LogP contribution in [0.15, 0.2) is 63.9 Å². The molecule has 3 aromatic rings. The fourth-order valence-corrected chi connectivity index (χ4v) is 2.70. The van der Waals surface area contributed by atoms with Crippen molar-refractivity contribution >= 4 is 33.5 Å². The number of anilines is 1. The van der Waals surface area contributed by atoms with Gasteiger partial charge in [-0.1, -0.05) is 12.1 Å². The third-order valence-electron chi connectivity index (χ3n) is 3.71. The Labute approximate surface area is 164 Å². The summed E-state index contributed by atoms with van der Waals surface area (Å²) in [6.45, 7) is 1.06. The number of hydrogen-bond donors (Lipinski definition) is 1. The largest absolute Gasteiger partial charge is 0.465 e. The number of aryl methyl sites for hydroxylation is 1. The number of furan rings is 1. The average molecular weight is 432 g/mol. The lowest BCUT2D eigenvalue weighted by molar-refractivity contribution is -0.143. The topological polar surface area (TPSA) is 86.4 Å². The molecule has 1 N–H and O–H groups in total. The maximum atomic E-state index is 12.0. The van der Waals surface area contributed by atoms with Gasteiger partial charge in [-0.2, -0.15) is 5.10 Å². The van der Waals surface area contributed by atoms with Crippen molar-refractivity contribution in [1.29, 1.82) is 0 Å². The number of aromatic nitrogens is 2. The van der Waals surface area contributed by atoms with Crippen LogP contribution in [0.5, 0.6) is 0 Å². The molecule has 0 aliphatic carbocycles. The molecule has 0 saturated carbocycles. The molecular weight excluding hydrogens is 414 g/mol. The number of benzene rings is 1. The fraction of sp³-hybridized carbons (Fsp3) is 0.211. The summed E-state index contributed by atoms with van der Waals surface area (Å²) in [6.07, 6.45) is 4.47. The molecule has 1 aromatic carbocycles. The highest BCUT2D eigenvalue weighted by Crippen LogP contribution is 2.16. The van der Waals surface area contributed by atoms with Crippen molar-refractivity contribution in [2.45, 2.75) is 19.4 Å². The number of amides is 1. The summed E-state index contributed by atoms with van der Waals surface area (Å²) in [5.74, 6) is -0.414. The monoisotopic (exact) mass is 431 g/mol. The first-order chi connectivity index (χ1) is 13.1. The van der Waals surface area contributed by atoms with Gasteiger partial charge in [-0.15, -0.1) is 0 Å². The number of nitrogens with one attached hydrogen (secondary N) is 1. The number of carbonyl (C=O) groups is 2. The highest BCUT2D eigenvalue weighted by Gasteiger charge is 2.11. The van der Waals surface area contributed by atoms with E-state index >= 15 is 0 Å². The summed E-state index contributed by atoms with van der Waals surface area (Å²) in [5.41, 5.74) is 1.43. The lowest BCUT2D eigenvalue weighted by Crippen LogP contribution is -2.12. The quantitative estimate of drug-likeness (QED) is 0.434. The lowest BCUT2D eigenvalue weighted by atomic mass is 10.1. The van der Waals surface area contributed by atoms with E-state index < -0.39 is 0 Å². The number of carbonyl (C=O) groups excluding carboxylic acids is 2. The molecular formula is C19H18BrN3O4. The fourth-order valence-electron chi connectivity index (χ4n) is 2.40. The summed E-state index contributed by atoms with van der Waals surface area (Å²) >= 11 is 3.16. The van der Waals surface area contributed by atoms with Crippen molar-refractivity contribution < 1.29 is 18.7 Å². The van der Waals surface area contributed by atoms with Crippen LogP contribution in [0.3, 0.4) is 0 Å². The van der Waals surface area contributed by atoms with E-state index in [9.17, 15) is 9.59 Å². The van der Waals surface area contributed by atoms with Gasteiger partial charge in [-0.05, 0) is 51.8 Å². The normalized spacial score (nSPS) is 10.6. The van der Waals surface area contributed by atoms with Gasteiger partial charge in [0.25, 0.3) is 5.91 Å². The van der Waals surface area contributed by atoms with E-state index in [4.69, 9.17) is 9.15 Å². The smallest absolute Gasteiger partial charge is 0.310 e. The van der Waals surface area contributed by atoms with Crippen molar-refractivity contribution in [3.05, 3.63) is 70.9 Å². The predicted molar refractivity (Wildman–Crippen MR) is 102 cm³/mol. The van der Waals surface area contributed by atoms with Gasteiger partial charge in [0.05, 0.1) is 13.0 Å². The van der Waals surface area contributed by atoms with E-state index in [0.717, 1.165) is 5.56 Å². The van der Waals surface area contributed by atoms with Gasteiger partial charge >= 0.3 is 5.97 Å². The van der Waals surface area contributed by atoms with E-state index in [2.05, 4.69) is 26.3 Å². The minimum absolute atomic E-state index is 0.182. The second-order valence-electron chi connectivity index (χ2n) is 5.77. The van der Waals surface area contributed by atoms with Gasteiger partial charge in [-0.25, -0.2) is 0 Å². The maximum absolute atomic E-state index is 12.0. The molecule has 0 spiro atoms. The zero-order valence-corrected chi connectivity index (χ0v) is 16.0. The molecule has 0 saturated heterocycles. The molecule has 8 heteroatoms. The Morgan fingerprint density at radius 1 is 1.19 bits per heavy atom. The number of hydrogen-bond acceptors (Lipinski definition) is 5. The van der Waals surface area contributed by atoms with E-state index in [1.54, 1.807) is 47.3 Å². The highest BCUT2D eigenvalue weighted by atomic mass is 79.9. The van der Waals surface area contributed by atoms with E-state index in [-0.39, 0.29) is 24.1 Å². The predicted octanol–water partition coefficient (Wildman–Crippen LogP) is 3.67. The minimum atomic E-state index is -0.343. The van der Waals surface area contributed by atoms with Crippen LogP contribution in [0.25, 0.3) is 0 Å². The van der Waals surface area contributed by atoms with Crippen molar-refractivity contribution in [3.8, 4) is 0 Å². The second-order valence-corrected chi connectivity index (χ2v) is 6.56. The Hall–Kier alpha value is -2.87. The first-order valence-electron chi connectivity index (χ1n) is 8.39. The molecule has 0 radical (unpaired) electrons. The average Bonchev–Trinajstić information content (AvgIpc) is 3.32. The Morgan fingerprint density at radius 3 is 2.67 bits per heavy atom. The molecule has 0 atom stereocenters. The number of halogens is 1. The molecule has 2 aromatic heterocycles. The van der Waals surface area contributed by atoms with Crippen molar-refractivity contribution in [2.75, 3.05) is 11.9 Å². The van der Waals surface area contributed by atoms with Crippen LogP contribution in [0.1, 0.15) is 22.5 Å². The Morgan fingerprint density at radius 2 is 2.00 bits per heavy atom. The third-order valence-corrected chi connectivity index (χ3v) is 4.14. The molecule has 7 nitrogen and oxygen atoms in total. The number of esters is 1. The highest BCUT2D eigenvalue weighted by molar-refractivity contribution is 9.10. The zero-order chi connectivity index (χ0) is 19.1. The molecule has 140 valence electrons. The molecule has 3 rings (SSSR count). The SMILES string of the molecule is O=C(Cc1ccc(NC(=O)c2ccc(Br)o2)cc1)OCCCn1cccn1. The number of ether oxygens (including phenoxy) is 1. The maximum Gasteiger partial charge on any atom is 0.310 e. The lowest BCUT2D eigenvalue weighted by Gasteiger charge is -2.07. The number of rotatable bonds is 8. The minimum Gasteiger partial charge on any atom is -0.465 e. The van der Waals surface area contributed by atoms with Crippen LogP contribution in [-0.4, -0.2) is 28.3 Å². The molecule has 27 heavy (non-hydrogen) atoms. The summed E-state index contributed by atoms with van der Waals surface area (Å²) in [4.78, 5) is 23.9. The van der Waals surface area contributed by atoms with E-state index in [1.165, 1.54) is 0 Å². The molecule has 0 aliphatic heterocycles. The van der Waals surface area contributed by atoms with Crippen molar-refractivity contribution in [1.82, 2.24) is 9.78 Å². The summed E-state index contributed by atoms with van der Waals surface area (Å²) in [5, 5.41) is 6.82. The molecule has 2 heterocycles. The van der Waals surface area contributed by atoms with Crippen LogP contribution in [0.2, 0.25) is 0 Å². The van der Waals surface area contributed by atoms with Gasteiger partial charge in [-0.3, -0.25) is 14.3 Å². The Bertz CT molecular complexity index is 888. The molecule has 0 bridgehead atoms. The van der Waals surface area contributed by atoms with E-state index in [0.29, 0.717) is 29.9 Å². The van der Waals surface area contributed by atoms with Gasteiger partial charge in [0.2, 0.25) is 0 Å². The van der Waals surface area contributed by atoms with Crippen LogP contribution in [-0.2, 0) is 22.5 Å². The van der Waals surface area contributed by atoms with Crippen LogP contribution in [0.4, 0.5) is 5.69 Å². The molecule has 0 aliphatic rings. The molecule has 0 fully saturated rings. The van der Waals surface area contributed by atoms with Crippen LogP contribution >= 0.6 is 15.9 Å². The summed E-state index contributed by atoms with van der Waals surface area (Å²) in [7, 11) is 0. The van der Waals surface area contributed by atoms with Crippen molar-refractivity contribution in [3.63, 3.8) is 0 Å². The summed E-state index contributed by atoms with van der Waals surface area (Å²) < 4.78 is 12.7. The van der Waals surface area contributed by atoms with Crippen molar-refractivity contribution in [2.24, 2.45) is 0 Å². The van der Waals surface area contributed by atoms with Gasteiger partial charge < -0.3 is 14.5 Å². The van der Waals surface area contributed by atoms with Crippen LogP contribution < -0.4 is 5.32 Å². The molecule has 0 unspecified atom stereocenters. The summed E-state index contributed by atoms with van der Waals surface area (Å²) in [6, 6.07) is 12.1. The second kappa shape index (κ2) is 9.18. The number of nitrogens with zero attached hydrogens (tertiary/aromatic N) is 2. The first kappa shape index (κ1) is 18.9. The van der Waals surface area contributed by atoms with Gasteiger partial charge in [0.15, 0.2) is 10.4 Å². The van der Waals surface area contributed by atoms with Gasteiger partial charge in [0.1, 0.15) is 0 Å². The van der Waals surface area contributed by atoms with Crippen LogP contribution in [0, 0.1) is 0 Å². The Kier molecular flexibility index (Phi) is 6.43. The third kappa shape index (κ3) is 5.82. The van der Waals surface area contributed by atoms with E-state index in [1.807, 2.05) is 12.3 Å². The standard InChI is InChI=1S/C19H18BrN3O4/c20-17-8-7-16(27-17)19(25)22-15-5-3-14(4-6-15)13-18(24)26-12-2-11-23-10-1-9-21-23/h1,3-10H,2,11-13H2,(H,22,25).